The summed E-state index contributed by atoms with van der Waals surface area (Å²) in [6.45, 7) is 1.41. The molecule has 2 heterocycles. The predicted octanol–water partition coefficient (Wildman–Crippen LogP) is 2.53. The molecule has 0 bridgehead atoms. The minimum atomic E-state index is -1.58. The fraction of sp³-hybridized carbons (Fsp3) is 0.412. The molecule has 0 amide bonds. The van der Waals surface area contributed by atoms with E-state index in [2.05, 4.69) is 23.1 Å². The van der Waals surface area contributed by atoms with E-state index in [9.17, 15) is 15.8 Å². The monoisotopic (exact) mass is 321 g/mol. The van der Waals surface area contributed by atoms with Crippen LogP contribution >= 0.6 is 11.3 Å². The lowest BCUT2D eigenvalue weighted by Crippen LogP contribution is -2.52. The summed E-state index contributed by atoms with van der Waals surface area (Å²) in [5, 5.41) is 39.5. The first-order chi connectivity index (χ1) is 11.1. The summed E-state index contributed by atoms with van der Waals surface area (Å²) in [4.78, 5) is 3.05. The number of likely N-dealkylation sites (N-methyl/N-ethyl adjacent to an activating group) is 1. The van der Waals surface area contributed by atoms with Crippen LogP contribution < -0.4 is 0 Å². The summed E-state index contributed by atoms with van der Waals surface area (Å²) in [5.74, 6) is -1.27. The molecule has 3 rings (SSSR count). The highest BCUT2D eigenvalue weighted by molar-refractivity contribution is 7.10. The molecule has 1 unspecified atom stereocenters. The second-order valence-corrected chi connectivity index (χ2v) is 7.01. The first-order valence-corrected chi connectivity index (χ1v) is 8.20. The maximum Gasteiger partial charge on any atom is 0.190 e. The Morgan fingerprint density at radius 1 is 1.35 bits per heavy atom. The molecule has 5 nitrogen and oxygen atoms in total. The highest BCUT2D eigenvalue weighted by atomic mass is 32.1. The Bertz CT molecular complexity index is 772. The Kier molecular flexibility index (Phi) is 3.78. The predicted molar refractivity (Wildman–Crippen MR) is 86.6 cm³/mol. The zero-order valence-electron chi connectivity index (χ0n) is 12.7. The van der Waals surface area contributed by atoms with Gasteiger partial charge in [-0.25, -0.2) is 0 Å². The van der Waals surface area contributed by atoms with Crippen LogP contribution in [-0.2, 0) is 0 Å². The molecule has 1 saturated carbocycles. The van der Waals surface area contributed by atoms with Crippen LogP contribution in [0.15, 0.2) is 29.2 Å². The molecule has 1 N–H and O–H groups in total. The number of nitrogens with one attached hydrogen (secondary N) is 1. The third-order valence-corrected chi connectivity index (χ3v) is 5.78. The van der Waals surface area contributed by atoms with Gasteiger partial charge in [0.05, 0.1) is 23.9 Å². The fourth-order valence-electron chi connectivity index (χ4n) is 3.73. The Morgan fingerprint density at radius 3 is 2.65 bits per heavy atom. The van der Waals surface area contributed by atoms with E-state index >= 15 is 0 Å². The van der Waals surface area contributed by atoms with Crippen molar-refractivity contribution in [3.63, 3.8) is 0 Å². The molecular weight excluding hydrogens is 306 g/mol. The number of fused-ring (bicyclic) bond motifs is 1. The second-order valence-electron chi connectivity index (χ2n) is 6.03. The van der Waals surface area contributed by atoms with Crippen LogP contribution in [0.3, 0.4) is 0 Å². The maximum absolute atomic E-state index is 9.80. The van der Waals surface area contributed by atoms with Crippen LogP contribution in [0, 0.1) is 56.7 Å². The topological polar surface area (TPSA) is 98.5 Å². The van der Waals surface area contributed by atoms with Crippen LogP contribution in [0.1, 0.15) is 10.8 Å². The SMILES string of the molecule is CN1CC=C2C(C#N)C(=N)C(C#N)(C#N)[C@H](c3cccs3)[C@@H]2C1. The van der Waals surface area contributed by atoms with Crippen molar-refractivity contribution in [3.8, 4) is 18.2 Å². The highest BCUT2D eigenvalue weighted by Gasteiger charge is 2.57. The van der Waals surface area contributed by atoms with Gasteiger partial charge in [0.2, 0.25) is 0 Å². The molecule has 2 aliphatic rings. The summed E-state index contributed by atoms with van der Waals surface area (Å²) in [7, 11) is 1.99. The van der Waals surface area contributed by atoms with Crippen molar-refractivity contribution in [1.82, 2.24) is 4.90 Å². The van der Waals surface area contributed by atoms with E-state index in [4.69, 9.17) is 5.41 Å². The van der Waals surface area contributed by atoms with E-state index < -0.39 is 17.3 Å². The minimum Gasteiger partial charge on any atom is -0.305 e. The van der Waals surface area contributed by atoms with E-state index in [0.29, 0.717) is 6.54 Å². The van der Waals surface area contributed by atoms with Crippen molar-refractivity contribution in [1.29, 1.82) is 21.2 Å². The van der Waals surface area contributed by atoms with Crippen molar-refractivity contribution in [2.24, 2.45) is 17.3 Å². The molecule has 1 aliphatic heterocycles. The van der Waals surface area contributed by atoms with E-state index in [1.807, 2.05) is 30.6 Å². The summed E-state index contributed by atoms with van der Waals surface area (Å²) >= 11 is 1.50. The normalized spacial score (nSPS) is 29.6. The average molecular weight is 321 g/mol. The van der Waals surface area contributed by atoms with Gasteiger partial charge in [-0.1, -0.05) is 12.1 Å². The lowest BCUT2D eigenvalue weighted by atomic mass is 9.55. The molecule has 23 heavy (non-hydrogen) atoms. The summed E-state index contributed by atoms with van der Waals surface area (Å²) in [6.07, 6.45) is 2.00. The van der Waals surface area contributed by atoms with Crippen molar-refractivity contribution in [3.05, 3.63) is 34.0 Å². The van der Waals surface area contributed by atoms with Crippen LogP contribution in [0.25, 0.3) is 0 Å². The fourth-order valence-corrected chi connectivity index (χ4v) is 4.68. The Balaban J connectivity index is 2.25. The van der Waals surface area contributed by atoms with Crippen LogP contribution in [-0.4, -0.2) is 30.7 Å². The minimum absolute atomic E-state index is 0.0737. The van der Waals surface area contributed by atoms with Gasteiger partial charge in [-0.2, -0.15) is 15.8 Å². The number of thiophene rings is 1. The quantitative estimate of drug-likeness (QED) is 0.803. The van der Waals surface area contributed by atoms with Gasteiger partial charge in [0, 0.05) is 29.8 Å². The Morgan fingerprint density at radius 2 is 2.09 bits per heavy atom. The number of hydrogen-bond acceptors (Lipinski definition) is 6. The Labute approximate surface area is 139 Å². The smallest absolute Gasteiger partial charge is 0.190 e. The molecular formula is C17H15N5S. The third-order valence-electron chi connectivity index (χ3n) is 4.82. The van der Waals surface area contributed by atoms with Gasteiger partial charge in [0.1, 0.15) is 5.92 Å². The van der Waals surface area contributed by atoms with E-state index in [1.54, 1.807) is 0 Å². The van der Waals surface area contributed by atoms with Crippen molar-refractivity contribution in [2.45, 2.75) is 5.92 Å². The van der Waals surface area contributed by atoms with Crippen LogP contribution in [0.4, 0.5) is 0 Å². The first kappa shape index (κ1) is 15.4. The number of nitriles is 3. The molecule has 0 saturated heterocycles. The van der Waals surface area contributed by atoms with E-state index in [-0.39, 0.29) is 11.6 Å². The Hall–Kier alpha value is -2.46. The van der Waals surface area contributed by atoms with Crippen molar-refractivity contribution < 1.29 is 0 Å². The van der Waals surface area contributed by atoms with Gasteiger partial charge in [-0.15, -0.1) is 11.3 Å². The maximum atomic E-state index is 9.80. The van der Waals surface area contributed by atoms with Crippen LogP contribution in [0.5, 0.6) is 0 Å². The van der Waals surface area contributed by atoms with Gasteiger partial charge in [0.25, 0.3) is 0 Å². The average Bonchev–Trinajstić information content (AvgIpc) is 3.08. The molecule has 3 atom stereocenters. The number of hydrogen-bond donors (Lipinski definition) is 1. The van der Waals surface area contributed by atoms with Gasteiger partial charge >= 0.3 is 0 Å². The second kappa shape index (κ2) is 5.63. The van der Waals surface area contributed by atoms with Gasteiger partial charge < -0.3 is 10.3 Å². The van der Waals surface area contributed by atoms with Crippen molar-refractivity contribution in [2.75, 3.05) is 20.1 Å². The summed E-state index contributed by atoms with van der Waals surface area (Å²) in [5.41, 5.74) is -0.753. The summed E-state index contributed by atoms with van der Waals surface area (Å²) < 4.78 is 0. The van der Waals surface area contributed by atoms with Crippen molar-refractivity contribution >= 4 is 17.0 Å². The van der Waals surface area contributed by atoms with Gasteiger partial charge in [-0.3, -0.25) is 0 Å². The molecule has 1 aliphatic carbocycles. The first-order valence-electron chi connectivity index (χ1n) is 7.32. The molecule has 0 spiro atoms. The van der Waals surface area contributed by atoms with Gasteiger partial charge in [-0.05, 0) is 24.1 Å². The number of rotatable bonds is 1. The molecule has 0 radical (unpaired) electrons. The molecule has 1 aromatic heterocycles. The molecule has 0 aromatic carbocycles. The van der Waals surface area contributed by atoms with Gasteiger partial charge in [0.15, 0.2) is 5.41 Å². The highest BCUT2D eigenvalue weighted by Crippen LogP contribution is 2.54. The summed E-state index contributed by atoms with van der Waals surface area (Å²) in [6, 6.07) is 10.1. The third kappa shape index (κ3) is 2.10. The largest absolute Gasteiger partial charge is 0.305 e. The number of nitrogens with zero attached hydrogens (tertiary/aromatic N) is 4. The van der Waals surface area contributed by atoms with E-state index in [0.717, 1.165) is 17.0 Å². The molecule has 1 fully saturated rings. The zero-order chi connectivity index (χ0) is 16.6. The lowest BCUT2D eigenvalue weighted by Gasteiger charge is -2.46. The molecule has 1 aromatic rings. The van der Waals surface area contributed by atoms with E-state index in [1.165, 1.54) is 11.3 Å². The molecule has 114 valence electrons. The standard InChI is InChI=1S/C17H15N5S/c1-22-5-4-11-12(7-18)16(21)17(9-19,10-20)15(13(11)8-22)14-3-2-6-23-14/h2-4,6,12-13,15,21H,5,8H2,1H3/t12?,13-,15+/m1/s1. The zero-order valence-corrected chi connectivity index (χ0v) is 13.5. The molecule has 6 heteroatoms. The van der Waals surface area contributed by atoms with Crippen LogP contribution in [0.2, 0.25) is 0 Å². The lowest BCUT2D eigenvalue weighted by molar-refractivity contribution is 0.237.